The smallest absolute Gasteiger partial charge is 0.378 e. The summed E-state index contributed by atoms with van der Waals surface area (Å²) in [7, 11) is 3.88. The van der Waals surface area contributed by atoms with E-state index in [4.69, 9.17) is 16.3 Å². The lowest BCUT2D eigenvalue weighted by molar-refractivity contribution is -0.138. The third-order valence-corrected chi connectivity index (χ3v) is 4.61. The third kappa shape index (κ3) is 4.45. The number of alkyl halides is 3. The molecule has 2 atom stereocenters. The number of nitrogens with zero attached hydrogens (tertiary/aromatic N) is 2. The van der Waals surface area contributed by atoms with Gasteiger partial charge in [-0.1, -0.05) is 23.7 Å². The van der Waals surface area contributed by atoms with Crippen molar-refractivity contribution in [2.24, 2.45) is 0 Å². The topological polar surface area (TPSA) is 46.5 Å². The third-order valence-electron chi connectivity index (χ3n) is 4.34. The molecule has 1 N–H and O–H groups in total. The van der Waals surface area contributed by atoms with E-state index in [1.807, 2.05) is 43.3 Å². The molecule has 9 heteroatoms. The number of nitrogens with one attached hydrogen (secondary N) is 1. The van der Waals surface area contributed by atoms with Crippen LogP contribution in [0.15, 0.2) is 41.3 Å². The largest absolute Gasteiger partial charge is 0.417 e. The molecule has 1 aromatic heterocycles. The quantitative estimate of drug-likeness (QED) is 0.854. The second-order valence-electron chi connectivity index (χ2n) is 6.56. The molecule has 3 rings (SSSR count). The second-order valence-corrected chi connectivity index (χ2v) is 6.97. The van der Waals surface area contributed by atoms with E-state index in [0.717, 1.165) is 22.0 Å². The molecule has 2 aromatic rings. The normalized spacial score (nSPS) is 20.1. The molecule has 27 heavy (non-hydrogen) atoms. The van der Waals surface area contributed by atoms with Crippen molar-refractivity contribution >= 4 is 17.3 Å². The molecule has 146 valence electrons. The second kappa shape index (κ2) is 7.53. The first-order valence-corrected chi connectivity index (χ1v) is 8.66. The van der Waals surface area contributed by atoms with E-state index in [2.05, 4.69) is 5.32 Å². The highest BCUT2D eigenvalue weighted by atomic mass is 35.5. The van der Waals surface area contributed by atoms with Crippen LogP contribution in [0.2, 0.25) is 5.02 Å². The van der Waals surface area contributed by atoms with E-state index < -0.39 is 28.4 Å². The number of halogens is 4. The van der Waals surface area contributed by atoms with Gasteiger partial charge in [-0.3, -0.25) is 10.1 Å². The van der Waals surface area contributed by atoms with Crippen LogP contribution in [0.5, 0.6) is 0 Å². The van der Waals surface area contributed by atoms with Crippen LogP contribution in [0.3, 0.4) is 0 Å². The Hall–Kier alpha value is -2.03. The Bertz CT molecular complexity index is 866. The maximum Gasteiger partial charge on any atom is 0.417 e. The van der Waals surface area contributed by atoms with Gasteiger partial charge in [-0.15, -0.1) is 0 Å². The molecule has 0 saturated carbocycles. The molecule has 0 aliphatic carbocycles. The minimum atomic E-state index is -4.58. The Labute approximate surface area is 159 Å². The molecule has 1 saturated heterocycles. The molecule has 1 aliphatic rings. The minimum Gasteiger partial charge on any atom is -0.378 e. The van der Waals surface area contributed by atoms with Crippen LogP contribution in [-0.2, 0) is 17.5 Å². The van der Waals surface area contributed by atoms with Gasteiger partial charge in [0.1, 0.15) is 11.3 Å². The van der Waals surface area contributed by atoms with E-state index in [1.165, 1.54) is 0 Å². The van der Waals surface area contributed by atoms with Crippen molar-refractivity contribution in [1.29, 1.82) is 0 Å². The van der Waals surface area contributed by atoms with Crippen molar-refractivity contribution in [3.63, 3.8) is 0 Å². The fourth-order valence-electron chi connectivity index (χ4n) is 2.89. The highest BCUT2D eigenvalue weighted by Crippen LogP contribution is 2.30. The van der Waals surface area contributed by atoms with Crippen LogP contribution in [0.4, 0.5) is 18.9 Å². The Balaban J connectivity index is 1.73. The van der Waals surface area contributed by atoms with Crippen LogP contribution in [0.1, 0.15) is 17.4 Å². The van der Waals surface area contributed by atoms with Crippen molar-refractivity contribution in [3.05, 3.63) is 63.0 Å². The van der Waals surface area contributed by atoms with Crippen LogP contribution >= 0.6 is 11.6 Å². The predicted octanol–water partition coefficient (Wildman–Crippen LogP) is 3.27. The average Bonchev–Trinajstić information content (AvgIpc) is 3.06. The van der Waals surface area contributed by atoms with E-state index >= 15 is 0 Å². The van der Waals surface area contributed by atoms with Gasteiger partial charge in [0.2, 0.25) is 0 Å². The number of ether oxygens (including phenoxy) is 1. The maximum absolute atomic E-state index is 12.9. The van der Waals surface area contributed by atoms with Gasteiger partial charge < -0.3 is 14.2 Å². The lowest BCUT2D eigenvalue weighted by Crippen LogP contribution is -2.29. The number of hydrogen-bond donors (Lipinski definition) is 1. The Morgan fingerprint density at radius 2 is 1.96 bits per heavy atom. The Kier molecular flexibility index (Phi) is 5.50. The van der Waals surface area contributed by atoms with Crippen molar-refractivity contribution in [3.8, 4) is 0 Å². The number of anilines is 1. The monoisotopic (exact) mass is 401 g/mol. The number of aromatic nitrogens is 1. The van der Waals surface area contributed by atoms with Crippen LogP contribution < -0.4 is 15.8 Å². The van der Waals surface area contributed by atoms with Crippen LogP contribution in [0.25, 0.3) is 0 Å². The molecule has 0 spiro atoms. The fraction of sp³-hybridized carbons (Fsp3) is 0.389. The summed E-state index contributed by atoms with van der Waals surface area (Å²) in [5, 5.41) is 2.70. The molecule has 1 aromatic carbocycles. The number of hydrogen-bond acceptors (Lipinski definition) is 4. The lowest BCUT2D eigenvalue weighted by Gasteiger charge is -2.17. The van der Waals surface area contributed by atoms with E-state index in [9.17, 15) is 18.0 Å². The van der Waals surface area contributed by atoms with Crippen LogP contribution in [0, 0.1) is 0 Å². The van der Waals surface area contributed by atoms with Crippen molar-refractivity contribution in [1.82, 2.24) is 9.88 Å². The highest BCUT2D eigenvalue weighted by molar-refractivity contribution is 6.30. The average molecular weight is 402 g/mol. The van der Waals surface area contributed by atoms with Gasteiger partial charge in [0.15, 0.2) is 0 Å². The van der Waals surface area contributed by atoms with E-state index in [0.29, 0.717) is 12.6 Å². The van der Waals surface area contributed by atoms with Crippen molar-refractivity contribution in [2.75, 3.05) is 25.5 Å². The zero-order valence-electron chi connectivity index (χ0n) is 14.8. The number of rotatable bonds is 4. The molecule has 5 nitrogen and oxygen atoms in total. The number of benzene rings is 1. The first kappa shape index (κ1) is 19.7. The summed E-state index contributed by atoms with van der Waals surface area (Å²) in [5.41, 5.74) is 0.303. The standard InChI is InChI=1S/C18H19ClF3N3O2/c1-24(2)13-5-3-11(4-6-13)16-23-8-14(27-16)10-25-9-12(18(20,21)22)7-15(19)17(25)26/h3-7,9,14,16,23H,8,10H2,1-2H3/t14-,16+/m0/s1. The van der Waals surface area contributed by atoms with Gasteiger partial charge in [0.05, 0.1) is 18.2 Å². The molecule has 2 heterocycles. The fourth-order valence-corrected chi connectivity index (χ4v) is 3.11. The van der Waals surface area contributed by atoms with Gasteiger partial charge in [0.25, 0.3) is 5.56 Å². The van der Waals surface area contributed by atoms with Gasteiger partial charge in [-0.25, -0.2) is 0 Å². The molecule has 1 aliphatic heterocycles. The van der Waals surface area contributed by atoms with E-state index in [-0.39, 0.29) is 12.8 Å². The molecule has 0 radical (unpaired) electrons. The SMILES string of the molecule is CN(C)c1ccc([C@@H]2NC[C@@H](Cn3cc(C(F)(F)F)cc(Cl)c3=O)O2)cc1. The Morgan fingerprint density at radius 3 is 2.56 bits per heavy atom. The Morgan fingerprint density at radius 1 is 1.30 bits per heavy atom. The zero-order chi connectivity index (χ0) is 19.8. The van der Waals surface area contributed by atoms with Gasteiger partial charge >= 0.3 is 6.18 Å². The summed E-state index contributed by atoms with van der Waals surface area (Å²) in [6, 6.07) is 8.38. The highest BCUT2D eigenvalue weighted by Gasteiger charge is 2.33. The van der Waals surface area contributed by atoms with Crippen molar-refractivity contribution < 1.29 is 17.9 Å². The van der Waals surface area contributed by atoms with Gasteiger partial charge in [0, 0.05) is 32.5 Å². The summed E-state index contributed by atoms with van der Waals surface area (Å²) >= 11 is 5.68. The molecular weight excluding hydrogens is 383 g/mol. The zero-order valence-corrected chi connectivity index (χ0v) is 15.5. The molecule has 1 fully saturated rings. The summed E-state index contributed by atoms with van der Waals surface area (Å²) in [4.78, 5) is 14.0. The summed E-state index contributed by atoms with van der Waals surface area (Å²) in [5.74, 6) is 0. The summed E-state index contributed by atoms with van der Waals surface area (Å²) < 4.78 is 45.7. The number of pyridine rings is 1. The maximum atomic E-state index is 12.9. The first-order valence-electron chi connectivity index (χ1n) is 8.28. The summed E-state index contributed by atoms with van der Waals surface area (Å²) in [6.45, 7) is 0.377. The molecule has 0 amide bonds. The molecule has 0 bridgehead atoms. The minimum absolute atomic E-state index is 0.0260. The molecule has 0 unspecified atom stereocenters. The van der Waals surface area contributed by atoms with Gasteiger partial charge in [-0.2, -0.15) is 13.2 Å². The van der Waals surface area contributed by atoms with Gasteiger partial charge in [-0.05, 0) is 23.8 Å². The predicted molar refractivity (Wildman–Crippen MR) is 97.1 cm³/mol. The van der Waals surface area contributed by atoms with Crippen LogP contribution in [-0.4, -0.2) is 31.3 Å². The lowest BCUT2D eigenvalue weighted by atomic mass is 10.2. The van der Waals surface area contributed by atoms with Crippen molar-refractivity contribution in [2.45, 2.75) is 25.1 Å². The first-order chi connectivity index (χ1) is 12.6. The molecular formula is C18H19ClF3N3O2. The summed E-state index contributed by atoms with van der Waals surface area (Å²) in [6.07, 6.45) is -4.65. The van der Waals surface area contributed by atoms with E-state index in [1.54, 1.807) is 0 Å².